The third-order valence-corrected chi connectivity index (χ3v) is 1.87. The highest BCUT2D eigenvalue weighted by molar-refractivity contribution is 5.45. The first-order valence-corrected chi connectivity index (χ1v) is 3.81. The van der Waals surface area contributed by atoms with E-state index in [2.05, 4.69) is 12.1 Å². The number of nitrogens with zero attached hydrogens (tertiary/aromatic N) is 1. The van der Waals surface area contributed by atoms with Crippen molar-refractivity contribution in [1.29, 1.82) is 5.26 Å². The zero-order valence-corrected chi connectivity index (χ0v) is 6.72. The molecule has 58 valence electrons. The number of nitrogens with two attached hydrogens (primary N) is 1. The summed E-state index contributed by atoms with van der Waals surface area (Å²) in [6.07, 6.45) is 5.37. The molecule has 2 N–H and O–H groups in total. The van der Waals surface area contributed by atoms with Crippen LogP contribution in [0, 0.1) is 11.3 Å². The second kappa shape index (κ2) is 3.25. The zero-order valence-electron chi connectivity index (χ0n) is 6.72. The minimum atomic E-state index is 0.639. The van der Waals surface area contributed by atoms with E-state index in [1.807, 2.05) is 0 Å². The molecule has 0 aromatic carbocycles. The molecule has 2 nitrogen and oxygen atoms in total. The van der Waals surface area contributed by atoms with Gasteiger partial charge in [-0.25, -0.2) is 0 Å². The quantitative estimate of drug-likeness (QED) is 0.577. The van der Waals surface area contributed by atoms with E-state index in [4.69, 9.17) is 11.0 Å². The standard InChI is InChI=1S/C9H12N2/c1-7(11)9(6-10)8-4-2-3-5-8/h4H,2-3,5,11H2,1H3/b9-7+. The van der Waals surface area contributed by atoms with Crippen molar-refractivity contribution in [2.75, 3.05) is 0 Å². The molecular weight excluding hydrogens is 136 g/mol. The van der Waals surface area contributed by atoms with Gasteiger partial charge in [-0.2, -0.15) is 5.26 Å². The number of rotatable bonds is 1. The van der Waals surface area contributed by atoms with Gasteiger partial charge in [0.05, 0.1) is 5.57 Å². The van der Waals surface area contributed by atoms with E-state index in [-0.39, 0.29) is 0 Å². The Balaban J connectivity index is 2.89. The molecule has 0 bridgehead atoms. The average molecular weight is 148 g/mol. The van der Waals surface area contributed by atoms with Crippen LogP contribution in [-0.2, 0) is 0 Å². The molecule has 0 atom stereocenters. The van der Waals surface area contributed by atoms with Crippen molar-refractivity contribution in [2.45, 2.75) is 26.2 Å². The van der Waals surface area contributed by atoms with E-state index >= 15 is 0 Å². The Kier molecular flexibility index (Phi) is 2.32. The fourth-order valence-electron chi connectivity index (χ4n) is 1.31. The summed E-state index contributed by atoms with van der Waals surface area (Å²) in [4.78, 5) is 0. The lowest BCUT2D eigenvalue weighted by molar-refractivity contribution is 0.910. The summed E-state index contributed by atoms with van der Waals surface area (Å²) in [5.41, 5.74) is 8.00. The number of hydrogen-bond donors (Lipinski definition) is 1. The van der Waals surface area contributed by atoms with E-state index in [0.29, 0.717) is 11.3 Å². The van der Waals surface area contributed by atoms with E-state index in [9.17, 15) is 0 Å². The van der Waals surface area contributed by atoms with Gasteiger partial charge in [-0.3, -0.25) is 0 Å². The van der Waals surface area contributed by atoms with Gasteiger partial charge < -0.3 is 5.73 Å². The Bertz CT molecular complexity index is 249. The van der Waals surface area contributed by atoms with Gasteiger partial charge in [-0.05, 0) is 31.8 Å². The predicted molar refractivity (Wildman–Crippen MR) is 44.4 cm³/mol. The van der Waals surface area contributed by atoms with Crippen LogP contribution in [0.15, 0.2) is 22.9 Å². The maximum Gasteiger partial charge on any atom is 0.101 e. The van der Waals surface area contributed by atoms with Crippen LogP contribution in [-0.4, -0.2) is 0 Å². The molecule has 0 aliphatic heterocycles. The second-order valence-electron chi connectivity index (χ2n) is 2.79. The summed E-state index contributed by atoms with van der Waals surface area (Å²) in [6, 6.07) is 2.13. The molecule has 0 unspecified atom stereocenters. The SMILES string of the molecule is C/C(N)=C(/C#N)C1=CCCC1. The Morgan fingerprint density at radius 3 is 2.82 bits per heavy atom. The molecule has 0 aromatic heterocycles. The molecule has 0 fully saturated rings. The number of nitriles is 1. The Morgan fingerprint density at radius 2 is 2.45 bits per heavy atom. The van der Waals surface area contributed by atoms with Gasteiger partial charge >= 0.3 is 0 Å². The lowest BCUT2D eigenvalue weighted by Crippen LogP contribution is -1.98. The summed E-state index contributed by atoms with van der Waals surface area (Å²) in [6.45, 7) is 1.78. The lowest BCUT2D eigenvalue weighted by Gasteiger charge is -2.00. The van der Waals surface area contributed by atoms with Gasteiger partial charge in [0.1, 0.15) is 6.07 Å². The molecule has 0 radical (unpaired) electrons. The normalized spacial score (nSPS) is 18.7. The molecule has 11 heavy (non-hydrogen) atoms. The summed E-state index contributed by atoms with van der Waals surface area (Å²) < 4.78 is 0. The third kappa shape index (κ3) is 1.62. The minimum absolute atomic E-state index is 0.639. The van der Waals surface area contributed by atoms with Gasteiger partial charge in [-0.1, -0.05) is 6.08 Å². The predicted octanol–water partition coefficient (Wildman–Crippen LogP) is 1.85. The van der Waals surface area contributed by atoms with Crippen LogP contribution in [0.25, 0.3) is 0 Å². The number of hydrogen-bond acceptors (Lipinski definition) is 2. The highest BCUT2D eigenvalue weighted by atomic mass is 14.6. The van der Waals surface area contributed by atoms with Gasteiger partial charge in [0, 0.05) is 5.70 Å². The van der Waals surface area contributed by atoms with Crippen LogP contribution in [0.5, 0.6) is 0 Å². The molecule has 2 heteroatoms. The van der Waals surface area contributed by atoms with Crippen LogP contribution in [0.3, 0.4) is 0 Å². The molecule has 0 spiro atoms. The molecule has 0 saturated carbocycles. The molecule has 0 heterocycles. The third-order valence-electron chi connectivity index (χ3n) is 1.87. The van der Waals surface area contributed by atoms with E-state index in [1.165, 1.54) is 0 Å². The van der Waals surface area contributed by atoms with Crippen LogP contribution in [0.1, 0.15) is 26.2 Å². The highest BCUT2D eigenvalue weighted by Gasteiger charge is 2.10. The van der Waals surface area contributed by atoms with Crippen molar-refractivity contribution in [3.63, 3.8) is 0 Å². The van der Waals surface area contributed by atoms with Gasteiger partial charge in [0.25, 0.3) is 0 Å². The van der Waals surface area contributed by atoms with Crippen molar-refractivity contribution < 1.29 is 0 Å². The molecule has 0 saturated heterocycles. The maximum absolute atomic E-state index is 8.73. The van der Waals surface area contributed by atoms with Gasteiger partial charge in [0.2, 0.25) is 0 Å². The summed E-state index contributed by atoms with van der Waals surface area (Å²) in [7, 11) is 0. The molecule has 1 rings (SSSR count). The monoisotopic (exact) mass is 148 g/mol. The molecule has 0 aromatic rings. The van der Waals surface area contributed by atoms with E-state index in [1.54, 1.807) is 6.92 Å². The highest BCUT2D eigenvalue weighted by Crippen LogP contribution is 2.24. The van der Waals surface area contributed by atoms with Crippen molar-refractivity contribution in [3.05, 3.63) is 22.9 Å². The van der Waals surface area contributed by atoms with Crippen molar-refractivity contribution >= 4 is 0 Å². The number of allylic oxidation sites excluding steroid dienone is 4. The van der Waals surface area contributed by atoms with Crippen LogP contribution in [0.4, 0.5) is 0 Å². The van der Waals surface area contributed by atoms with Gasteiger partial charge in [-0.15, -0.1) is 0 Å². The van der Waals surface area contributed by atoms with Crippen molar-refractivity contribution in [1.82, 2.24) is 0 Å². The molecule has 0 amide bonds. The smallest absolute Gasteiger partial charge is 0.101 e. The fraction of sp³-hybridized carbons (Fsp3) is 0.444. The first-order valence-electron chi connectivity index (χ1n) is 3.81. The van der Waals surface area contributed by atoms with Crippen LogP contribution in [0.2, 0.25) is 0 Å². The largest absolute Gasteiger partial charge is 0.401 e. The summed E-state index contributed by atoms with van der Waals surface area (Å²) in [5, 5.41) is 8.73. The molecular formula is C9H12N2. The lowest BCUT2D eigenvalue weighted by atomic mass is 10.1. The second-order valence-corrected chi connectivity index (χ2v) is 2.79. The maximum atomic E-state index is 8.73. The first kappa shape index (κ1) is 7.87. The minimum Gasteiger partial charge on any atom is -0.401 e. The summed E-state index contributed by atoms with van der Waals surface area (Å²) in [5.74, 6) is 0. The van der Waals surface area contributed by atoms with Crippen LogP contribution >= 0.6 is 0 Å². The average Bonchev–Trinajstić information content (AvgIpc) is 2.40. The van der Waals surface area contributed by atoms with Crippen LogP contribution < -0.4 is 5.73 Å². The first-order chi connectivity index (χ1) is 5.25. The molecule has 1 aliphatic rings. The Hall–Kier alpha value is -1.23. The topological polar surface area (TPSA) is 49.8 Å². The Labute approximate surface area is 67.0 Å². The molecule has 1 aliphatic carbocycles. The zero-order chi connectivity index (χ0) is 8.27. The van der Waals surface area contributed by atoms with Crippen molar-refractivity contribution in [2.24, 2.45) is 5.73 Å². The van der Waals surface area contributed by atoms with E-state index in [0.717, 1.165) is 24.8 Å². The van der Waals surface area contributed by atoms with Gasteiger partial charge in [0.15, 0.2) is 0 Å². The Morgan fingerprint density at radius 1 is 1.73 bits per heavy atom. The van der Waals surface area contributed by atoms with Crippen molar-refractivity contribution in [3.8, 4) is 6.07 Å². The summed E-state index contributed by atoms with van der Waals surface area (Å²) >= 11 is 0. The van der Waals surface area contributed by atoms with E-state index < -0.39 is 0 Å². The fourth-order valence-corrected chi connectivity index (χ4v) is 1.31.